The summed E-state index contributed by atoms with van der Waals surface area (Å²) in [4.78, 5) is 22.2. The van der Waals surface area contributed by atoms with Gasteiger partial charge in [0.25, 0.3) is 5.69 Å². The molecule has 0 saturated carbocycles. The van der Waals surface area contributed by atoms with Crippen molar-refractivity contribution < 1.29 is 14.5 Å². The number of carbonyl (C=O) groups is 1. The summed E-state index contributed by atoms with van der Waals surface area (Å²) in [5.41, 5.74) is 0.795. The highest BCUT2D eigenvalue weighted by Gasteiger charge is 2.16. The predicted octanol–water partition coefficient (Wildman–Crippen LogP) is 4.48. The number of rotatable bonds is 4. The van der Waals surface area contributed by atoms with Crippen LogP contribution in [0.1, 0.15) is 15.9 Å². The normalized spacial score (nSPS) is 10.2. The monoisotopic (exact) mass is 413 g/mol. The number of carbonyl (C=O) groups excluding carboxylic acids is 1. The summed E-state index contributed by atoms with van der Waals surface area (Å²) in [6.07, 6.45) is 0. The van der Waals surface area contributed by atoms with Crippen LogP contribution in [0.25, 0.3) is 0 Å². The van der Waals surface area contributed by atoms with Crippen LogP contribution >= 0.6 is 31.9 Å². The van der Waals surface area contributed by atoms with Crippen LogP contribution in [0.5, 0.6) is 0 Å². The number of esters is 1. The Morgan fingerprint density at radius 1 is 1.14 bits per heavy atom. The molecule has 0 heterocycles. The second-order valence-electron chi connectivity index (χ2n) is 4.12. The maximum Gasteiger partial charge on any atom is 0.339 e. The molecule has 2 aromatic rings. The quantitative estimate of drug-likeness (QED) is 0.420. The van der Waals surface area contributed by atoms with E-state index in [9.17, 15) is 14.9 Å². The standard InChI is InChI=1S/C14H9Br2NO4/c15-10-3-1-9(2-4-10)8-21-14(18)12-7-11(17(19)20)5-6-13(12)16/h1-7H,8H2. The van der Waals surface area contributed by atoms with E-state index in [4.69, 9.17) is 4.74 Å². The Balaban J connectivity index is 2.11. The van der Waals surface area contributed by atoms with E-state index < -0.39 is 10.9 Å². The number of hydrogen-bond acceptors (Lipinski definition) is 4. The van der Waals surface area contributed by atoms with E-state index in [0.29, 0.717) is 4.47 Å². The van der Waals surface area contributed by atoms with Crippen molar-refractivity contribution in [2.75, 3.05) is 0 Å². The first-order valence-electron chi connectivity index (χ1n) is 5.83. The highest BCUT2D eigenvalue weighted by Crippen LogP contribution is 2.23. The van der Waals surface area contributed by atoms with E-state index in [-0.39, 0.29) is 17.9 Å². The third-order valence-corrected chi connectivity index (χ3v) is 3.88. The number of nitro benzene ring substituents is 1. The third-order valence-electron chi connectivity index (χ3n) is 2.66. The molecule has 0 fully saturated rings. The minimum Gasteiger partial charge on any atom is -0.457 e. The van der Waals surface area contributed by atoms with Crippen molar-refractivity contribution in [3.05, 3.63) is 72.7 Å². The Hall–Kier alpha value is -1.73. The number of nitrogens with zero attached hydrogens (tertiary/aromatic N) is 1. The van der Waals surface area contributed by atoms with Crippen LogP contribution in [0.4, 0.5) is 5.69 Å². The molecule has 0 aliphatic carbocycles. The van der Waals surface area contributed by atoms with Gasteiger partial charge in [-0.2, -0.15) is 0 Å². The zero-order chi connectivity index (χ0) is 15.4. The minimum atomic E-state index is -0.617. The summed E-state index contributed by atoms with van der Waals surface area (Å²) in [5, 5.41) is 10.7. The molecule has 7 heteroatoms. The van der Waals surface area contributed by atoms with Crippen LogP contribution in [-0.4, -0.2) is 10.9 Å². The van der Waals surface area contributed by atoms with E-state index in [0.717, 1.165) is 10.0 Å². The zero-order valence-electron chi connectivity index (χ0n) is 10.6. The molecule has 0 saturated heterocycles. The van der Waals surface area contributed by atoms with Gasteiger partial charge in [0, 0.05) is 21.1 Å². The summed E-state index contributed by atoms with van der Waals surface area (Å²) in [6.45, 7) is 0.0985. The summed E-state index contributed by atoms with van der Waals surface area (Å²) in [6, 6.07) is 11.3. The topological polar surface area (TPSA) is 69.4 Å². The lowest BCUT2D eigenvalue weighted by atomic mass is 10.2. The molecule has 2 aromatic carbocycles. The van der Waals surface area contributed by atoms with Gasteiger partial charge in [-0.25, -0.2) is 4.79 Å². The average Bonchev–Trinajstić information content (AvgIpc) is 2.46. The van der Waals surface area contributed by atoms with Gasteiger partial charge in [0.2, 0.25) is 0 Å². The summed E-state index contributed by atoms with van der Waals surface area (Å²) >= 11 is 6.50. The first-order valence-corrected chi connectivity index (χ1v) is 7.41. The number of benzene rings is 2. The van der Waals surface area contributed by atoms with Crippen LogP contribution in [0, 0.1) is 10.1 Å². The molecule has 0 amide bonds. The van der Waals surface area contributed by atoms with Crippen molar-refractivity contribution >= 4 is 43.5 Å². The van der Waals surface area contributed by atoms with Crippen LogP contribution in [-0.2, 0) is 11.3 Å². The summed E-state index contributed by atoms with van der Waals surface area (Å²) < 4.78 is 6.55. The van der Waals surface area contributed by atoms with Gasteiger partial charge < -0.3 is 4.74 Å². The minimum absolute atomic E-state index is 0.0985. The van der Waals surface area contributed by atoms with Crippen LogP contribution in [0.3, 0.4) is 0 Å². The fourth-order valence-electron chi connectivity index (χ4n) is 1.59. The van der Waals surface area contributed by atoms with Crippen LogP contribution < -0.4 is 0 Å². The lowest BCUT2D eigenvalue weighted by Crippen LogP contribution is -2.06. The SMILES string of the molecule is O=C(OCc1ccc(Br)cc1)c1cc([N+](=O)[O-])ccc1Br. The van der Waals surface area contributed by atoms with Gasteiger partial charge in [0.05, 0.1) is 10.5 Å². The van der Waals surface area contributed by atoms with Crippen molar-refractivity contribution in [2.24, 2.45) is 0 Å². The van der Waals surface area contributed by atoms with Crippen molar-refractivity contribution in [1.29, 1.82) is 0 Å². The van der Waals surface area contributed by atoms with Crippen molar-refractivity contribution in [2.45, 2.75) is 6.61 Å². The molecule has 0 aliphatic heterocycles. The van der Waals surface area contributed by atoms with Crippen molar-refractivity contribution in [1.82, 2.24) is 0 Å². The summed E-state index contributed by atoms with van der Waals surface area (Å²) in [7, 11) is 0. The average molecular weight is 415 g/mol. The molecule has 2 rings (SSSR count). The fraction of sp³-hybridized carbons (Fsp3) is 0.0714. The largest absolute Gasteiger partial charge is 0.457 e. The second kappa shape index (κ2) is 6.82. The van der Waals surface area contributed by atoms with Gasteiger partial charge in [0.1, 0.15) is 6.61 Å². The smallest absolute Gasteiger partial charge is 0.339 e. The maximum absolute atomic E-state index is 12.0. The van der Waals surface area contributed by atoms with Gasteiger partial charge in [0.15, 0.2) is 0 Å². The van der Waals surface area contributed by atoms with Gasteiger partial charge in [-0.1, -0.05) is 28.1 Å². The van der Waals surface area contributed by atoms with E-state index in [1.165, 1.54) is 18.2 Å². The van der Waals surface area contributed by atoms with Crippen molar-refractivity contribution in [3.8, 4) is 0 Å². The van der Waals surface area contributed by atoms with E-state index in [1.807, 2.05) is 24.3 Å². The third kappa shape index (κ3) is 4.12. The maximum atomic E-state index is 12.0. The molecule has 0 bridgehead atoms. The Labute approximate surface area is 137 Å². The molecule has 0 unspecified atom stereocenters. The molecular weight excluding hydrogens is 406 g/mol. The van der Waals surface area contributed by atoms with Crippen LogP contribution in [0.15, 0.2) is 51.4 Å². The molecule has 21 heavy (non-hydrogen) atoms. The molecule has 0 aromatic heterocycles. The Morgan fingerprint density at radius 2 is 1.81 bits per heavy atom. The van der Waals surface area contributed by atoms with Crippen LogP contribution in [0.2, 0.25) is 0 Å². The number of hydrogen-bond donors (Lipinski definition) is 0. The molecule has 108 valence electrons. The van der Waals surface area contributed by atoms with E-state index >= 15 is 0 Å². The number of nitro groups is 1. The van der Waals surface area contributed by atoms with Gasteiger partial charge in [-0.3, -0.25) is 10.1 Å². The lowest BCUT2D eigenvalue weighted by Gasteiger charge is -2.06. The molecular formula is C14H9Br2NO4. The van der Waals surface area contributed by atoms with Gasteiger partial charge in [-0.05, 0) is 39.7 Å². The highest BCUT2D eigenvalue weighted by atomic mass is 79.9. The molecule has 5 nitrogen and oxygen atoms in total. The molecule has 0 radical (unpaired) electrons. The van der Waals surface area contributed by atoms with E-state index in [1.54, 1.807) is 0 Å². The Bertz CT molecular complexity index is 686. The summed E-state index contributed by atoms with van der Waals surface area (Å²) in [5.74, 6) is -0.617. The molecule has 0 atom stereocenters. The molecule has 0 aliphatic rings. The van der Waals surface area contributed by atoms with Gasteiger partial charge >= 0.3 is 5.97 Å². The lowest BCUT2D eigenvalue weighted by molar-refractivity contribution is -0.384. The molecule has 0 N–H and O–H groups in total. The Morgan fingerprint density at radius 3 is 2.43 bits per heavy atom. The van der Waals surface area contributed by atoms with E-state index in [2.05, 4.69) is 31.9 Å². The van der Waals surface area contributed by atoms with Crippen molar-refractivity contribution in [3.63, 3.8) is 0 Å². The Kier molecular flexibility index (Phi) is 5.08. The first kappa shape index (κ1) is 15.7. The molecule has 0 spiro atoms. The zero-order valence-corrected chi connectivity index (χ0v) is 13.8. The van der Waals surface area contributed by atoms with Gasteiger partial charge in [-0.15, -0.1) is 0 Å². The second-order valence-corrected chi connectivity index (χ2v) is 5.89. The number of ether oxygens (including phenoxy) is 1. The number of halogens is 2. The highest BCUT2D eigenvalue weighted by molar-refractivity contribution is 9.10. The first-order chi connectivity index (χ1) is 9.97. The predicted molar refractivity (Wildman–Crippen MR) is 84.1 cm³/mol. The number of non-ortho nitro benzene ring substituents is 1. The fourth-order valence-corrected chi connectivity index (χ4v) is 2.26.